The molecule has 4 nitrogen and oxygen atoms in total. The van der Waals surface area contributed by atoms with Gasteiger partial charge in [0, 0.05) is 12.0 Å². The van der Waals surface area contributed by atoms with E-state index in [2.05, 4.69) is 0 Å². The van der Waals surface area contributed by atoms with E-state index in [0.717, 1.165) is 22.3 Å². The molecular formula is C27H24O4. The van der Waals surface area contributed by atoms with Crippen LogP contribution in [0.1, 0.15) is 28.7 Å². The average molecular weight is 412 g/mol. The number of hydrogen-bond donors (Lipinski definition) is 0. The fourth-order valence-corrected chi connectivity index (χ4v) is 3.48. The third-order valence-corrected chi connectivity index (χ3v) is 5.46. The number of ether oxygens (including phenoxy) is 1. The van der Waals surface area contributed by atoms with Gasteiger partial charge in [0.2, 0.25) is 11.2 Å². The van der Waals surface area contributed by atoms with Crippen LogP contribution >= 0.6 is 0 Å². The van der Waals surface area contributed by atoms with Gasteiger partial charge in [0.1, 0.15) is 5.58 Å². The van der Waals surface area contributed by atoms with Gasteiger partial charge in [-0.15, -0.1) is 0 Å². The minimum Gasteiger partial charge on any atom is -0.452 e. The summed E-state index contributed by atoms with van der Waals surface area (Å²) >= 11 is 0. The summed E-state index contributed by atoms with van der Waals surface area (Å²) in [6, 6.07) is 20.9. The molecule has 0 saturated heterocycles. The number of carbonyl (C=O) groups is 1. The van der Waals surface area contributed by atoms with Crippen molar-refractivity contribution in [2.45, 2.75) is 33.6 Å². The predicted octanol–water partition coefficient (Wildman–Crippen LogP) is 5.92. The predicted molar refractivity (Wildman–Crippen MR) is 123 cm³/mol. The molecule has 1 aromatic heterocycles. The summed E-state index contributed by atoms with van der Waals surface area (Å²) in [6.07, 6.45) is 0.707. The van der Waals surface area contributed by atoms with E-state index in [1.165, 1.54) is 0 Å². The maximum Gasteiger partial charge on any atom is 0.311 e. The van der Waals surface area contributed by atoms with Gasteiger partial charge < -0.3 is 9.15 Å². The summed E-state index contributed by atoms with van der Waals surface area (Å²) < 4.78 is 11.7. The van der Waals surface area contributed by atoms with Crippen LogP contribution in [0.4, 0.5) is 0 Å². The Labute approximate surface area is 181 Å². The SMILES string of the molecule is Cc1ccc(-c2oc3cc(C)c(C)cc3c(=O)c2OC(=O)CCc2ccccc2)cc1. The normalized spacial score (nSPS) is 10.9. The van der Waals surface area contributed by atoms with Crippen molar-refractivity contribution in [1.29, 1.82) is 0 Å². The van der Waals surface area contributed by atoms with Gasteiger partial charge in [-0.2, -0.15) is 0 Å². The van der Waals surface area contributed by atoms with Gasteiger partial charge >= 0.3 is 5.97 Å². The number of carbonyl (C=O) groups excluding carboxylic acids is 1. The van der Waals surface area contributed by atoms with Crippen molar-refractivity contribution in [3.05, 3.63) is 99.2 Å². The van der Waals surface area contributed by atoms with Crippen LogP contribution in [0.3, 0.4) is 0 Å². The van der Waals surface area contributed by atoms with Crippen LogP contribution in [0.2, 0.25) is 0 Å². The lowest BCUT2D eigenvalue weighted by Crippen LogP contribution is -2.16. The second-order valence-electron chi connectivity index (χ2n) is 7.85. The van der Waals surface area contributed by atoms with Crippen molar-refractivity contribution in [3.63, 3.8) is 0 Å². The summed E-state index contributed by atoms with van der Waals surface area (Å²) in [5.74, 6) is -0.251. The molecule has 1 heterocycles. The molecule has 4 heteroatoms. The molecule has 0 spiro atoms. The largest absolute Gasteiger partial charge is 0.452 e. The van der Waals surface area contributed by atoms with Crippen LogP contribution in [0.5, 0.6) is 5.75 Å². The molecule has 4 rings (SSSR count). The van der Waals surface area contributed by atoms with Crippen LogP contribution in [0.15, 0.2) is 75.9 Å². The summed E-state index contributed by atoms with van der Waals surface area (Å²) in [5, 5.41) is 0.407. The molecule has 31 heavy (non-hydrogen) atoms. The van der Waals surface area contributed by atoms with E-state index in [1.807, 2.05) is 81.4 Å². The van der Waals surface area contributed by atoms with Gasteiger partial charge in [-0.3, -0.25) is 9.59 Å². The zero-order valence-electron chi connectivity index (χ0n) is 17.9. The third kappa shape index (κ3) is 4.43. The molecular weight excluding hydrogens is 388 g/mol. The fourth-order valence-electron chi connectivity index (χ4n) is 3.48. The maximum absolute atomic E-state index is 13.3. The Morgan fingerprint density at radius 3 is 2.29 bits per heavy atom. The highest BCUT2D eigenvalue weighted by molar-refractivity contribution is 5.85. The molecule has 0 atom stereocenters. The van der Waals surface area contributed by atoms with Crippen LogP contribution in [-0.4, -0.2) is 5.97 Å². The molecule has 3 aromatic carbocycles. The molecule has 0 unspecified atom stereocenters. The molecule has 4 aromatic rings. The maximum atomic E-state index is 13.3. The molecule has 0 saturated carbocycles. The number of esters is 1. The van der Waals surface area contributed by atoms with E-state index in [9.17, 15) is 9.59 Å². The molecule has 0 aliphatic heterocycles. The van der Waals surface area contributed by atoms with Gasteiger partial charge in [-0.05, 0) is 56.0 Å². The van der Waals surface area contributed by atoms with Crippen molar-refractivity contribution in [2.24, 2.45) is 0 Å². The lowest BCUT2D eigenvalue weighted by molar-refractivity contribution is -0.134. The topological polar surface area (TPSA) is 56.5 Å². The Hall–Kier alpha value is -3.66. The standard InChI is InChI=1S/C27H24O4/c1-17-9-12-21(13-10-17)26-27(31-24(28)14-11-20-7-5-4-6-8-20)25(29)22-15-18(2)19(3)16-23(22)30-26/h4-10,12-13,15-16H,11,14H2,1-3H3. The molecule has 0 fully saturated rings. The van der Waals surface area contributed by atoms with Crippen LogP contribution < -0.4 is 10.2 Å². The van der Waals surface area contributed by atoms with Crippen molar-refractivity contribution in [1.82, 2.24) is 0 Å². The van der Waals surface area contributed by atoms with E-state index >= 15 is 0 Å². The lowest BCUT2D eigenvalue weighted by atomic mass is 10.0. The fraction of sp³-hybridized carbons (Fsp3) is 0.185. The Morgan fingerprint density at radius 1 is 0.903 bits per heavy atom. The van der Waals surface area contributed by atoms with Gasteiger partial charge in [-0.25, -0.2) is 0 Å². The Bertz CT molecular complexity index is 1300. The monoisotopic (exact) mass is 412 g/mol. The first-order chi connectivity index (χ1) is 14.9. The third-order valence-electron chi connectivity index (χ3n) is 5.46. The first-order valence-corrected chi connectivity index (χ1v) is 10.3. The Morgan fingerprint density at radius 2 is 1.58 bits per heavy atom. The molecule has 0 N–H and O–H groups in total. The number of benzene rings is 3. The van der Waals surface area contributed by atoms with Gasteiger partial charge in [0.25, 0.3) is 0 Å². The van der Waals surface area contributed by atoms with Crippen LogP contribution in [0, 0.1) is 20.8 Å². The molecule has 156 valence electrons. The van der Waals surface area contributed by atoms with Gasteiger partial charge in [0.15, 0.2) is 5.76 Å². The van der Waals surface area contributed by atoms with Gasteiger partial charge in [0.05, 0.1) is 5.39 Å². The Balaban J connectivity index is 1.76. The number of hydrogen-bond acceptors (Lipinski definition) is 4. The highest BCUT2D eigenvalue weighted by atomic mass is 16.5. The van der Waals surface area contributed by atoms with Crippen molar-refractivity contribution >= 4 is 16.9 Å². The summed E-state index contributed by atoms with van der Waals surface area (Å²) in [7, 11) is 0. The molecule has 0 aliphatic rings. The zero-order valence-corrected chi connectivity index (χ0v) is 17.9. The van der Waals surface area contributed by atoms with E-state index in [4.69, 9.17) is 9.15 Å². The summed E-state index contributed by atoms with van der Waals surface area (Å²) in [6.45, 7) is 5.89. The van der Waals surface area contributed by atoms with Crippen LogP contribution in [-0.2, 0) is 11.2 Å². The Kier molecular flexibility index (Phi) is 5.72. The lowest BCUT2D eigenvalue weighted by Gasteiger charge is -2.12. The van der Waals surface area contributed by atoms with Crippen molar-refractivity contribution in [2.75, 3.05) is 0 Å². The zero-order chi connectivity index (χ0) is 22.0. The second-order valence-corrected chi connectivity index (χ2v) is 7.85. The van der Waals surface area contributed by atoms with E-state index in [0.29, 0.717) is 23.0 Å². The van der Waals surface area contributed by atoms with E-state index in [1.54, 1.807) is 6.07 Å². The molecule has 0 aliphatic carbocycles. The van der Waals surface area contributed by atoms with Crippen molar-refractivity contribution < 1.29 is 13.9 Å². The first kappa shape index (κ1) is 20.6. The summed E-state index contributed by atoms with van der Waals surface area (Å²) in [4.78, 5) is 26.0. The quantitative estimate of drug-likeness (QED) is 0.382. The van der Waals surface area contributed by atoms with E-state index < -0.39 is 5.97 Å². The van der Waals surface area contributed by atoms with E-state index in [-0.39, 0.29) is 23.4 Å². The molecule has 0 amide bonds. The molecule has 0 radical (unpaired) electrons. The average Bonchev–Trinajstić information content (AvgIpc) is 2.77. The number of rotatable bonds is 5. The highest BCUT2D eigenvalue weighted by Crippen LogP contribution is 2.32. The van der Waals surface area contributed by atoms with Crippen molar-refractivity contribution in [3.8, 4) is 17.1 Å². The summed E-state index contributed by atoms with van der Waals surface area (Å²) in [5.41, 5.74) is 4.95. The minimum absolute atomic E-state index is 0.0577. The highest BCUT2D eigenvalue weighted by Gasteiger charge is 2.21. The number of fused-ring (bicyclic) bond motifs is 1. The van der Waals surface area contributed by atoms with Crippen LogP contribution in [0.25, 0.3) is 22.3 Å². The number of aryl methyl sites for hydroxylation is 4. The molecule has 0 bridgehead atoms. The minimum atomic E-state index is -0.465. The smallest absolute Gasteiger partial charge is 0.311 e. The second kappa shape index (κ2) is 8.60. The first-order valence-electron chi connectivity index (χ1n) is 10.3. The van der Waals surface area contributed by atoms with Gasteiger partial charge in [-0.1, -0.05) is 60.2 Å².